The van der Waals surface area contributed by atoms with Crippen molar-refractivity contribution in [2.45, 2.75) is 38.2 Å². The minimum Gasteiger partial charge on any atom is -0.497 e. The SMILES string of the molecule is COc1ccc([C@@H](C)C(=O)Nc2ccc(OCc3noc(C4CC4)n3)cc2)cc1. The fourth-order valence-electron chi connectivity index (χ4n) is 2.90. The quantitative estimate of drug-likeness (QED) is 0.615. The summed E-state index contributed by atoms with van der Waals surface area (Å²) < 4.78 is 16.1. The van der Waals surface area contributed by atoms with Crippen molar-refractivity contribution in [3.63, 3.8) is 0 Å². The lowest BCUT2D eigenvalue weighted by Crippen LogP contribution is -2.18. The molecule has 0 bridgehead atoms. The van der Waals surface area contributed by atoms with Crippen LogP contribution in [0.3, 0.4) is 0 Å². The number of hydrogen-bond donors (Lipinski definition) is 1. The van der Waals surface area contributed by atoms with Crippen molar-refractivity contribution in [1.82, 2.24) is 10.1 Å². The van der Waals surface area contributed by atoms with E-state index in [-0.39, 0.29) is 18.4 Å². The minimum atomic E-state index is -0.282. The molecule has 0 unspecified atom stereocenters. The van der Waals surface area contributed by atoms with E-state index < -0.39 is 0 Å². The first-order valence-corrected chi connectivity index (χ1v) is 9.62. The molecule has 1 heterocycles. The molecule has 0 aliphatic heterocycles. The molecule has 2 aromatic carbocycles. The number of nitrogens with zero attached hydrogens (tertiary/aromatic N) is 2. The zero-order valence-corrected chi connectivity index (χ0v) is 16.4. The van der Waals surface area contributed by atoms with Gasteiger partial charge in [-0.2, -0.15) is 4.98 Å². The Morgan fingerprint density at radius 3 is 2.48 bits per heavy atom. The summed E-state index contributed by atoms with van der Waals surface area (Å²) in [5, 5.41) is 6.86. The van der Waals surface area contributed by atoms with Crippen molar-refractivity contribution in [2.24, 2.45) is 0 Å². The summed E-state index contributed by atoms with van der Waals surface area (Å²) in [6.45, 7) is 2.12. The Bertz CT molecular complexity index is 962. The Labute approximate surface area is 169 Å². The van der Waals surface area contributed by atoms with Crippen molar-refractivity contribution in [3.05, 3.63) is 65.8 Å². The van der Waals surface area contributed by atoms with Gasteiger partial charge in [0.05, 0.1) is 13.0 Å². The Hall–Kier alpha value is -3.35. The van der Waals surface area contributed by atoms with Gasteiger partial charge in [0.25, 0.3) is 0 Å². The number of carbonyl (C=O) groups is 1. The van der Waals surface area contributed by atoms with E-state index in [1.807, 2.05) is 31.2 Å². The largest absolute Gasteiger partial charge is 0.497 e. The highest BCUT2D eigenvalue weighted by Crippen LogP contribution is 2.38. The Morgan fingerprint density at radius 1 is 1.14 bits per heavy atom. The molecule has 0 radical (unpaired) electrons. The number of nitrogens with one attached hydrogen (secondary N) is 1. The molecule has 0 spiro atoms. The highest BCUT2D eigenvalue weighted by molar-refractivity contribution is 5.95. The number of amides is 1. The maximum absolute atomic E-state index is 12.5. The standard InChI is InChI=1S/C22H23N3O4/c1-14(15-5-9-18(27-2)10-6-15)21(26)23-17-7-11-19(12-8-17)28-13-20-24-22(29-25-20)16-3-4-16/h5-12,14,16H,3-4,13H2,1-2H3,(H,23,26)/t14-/m1/s1. The van der Waals surface area contributed by atoms with E-state index >= 15 is 0 Å². The molecule has 1 amide bonds. The fraction of sp³-hybridized carbons (Fsp3) is 0.318. The molecule has 1 aromatic heterocycles. The molecule has 1 aliphatic carbocycles. The summed E-state index contributed by atoms with van der Waals surface area (Å²) >= 11 is 0. The van der Waals surface area contributed by atoms with Crippen LogP contribution in [0.4, 0.5) is 5.69 Å². The summed E-state index contributed by atoms with van der Waals surface area (Å²) in [7, 11) is 1.62. The smallest absolute Gasteiger partial charge is 0.231 e. The first-order valence-electron chi connectivity index (χ1n) is 9.62. The van der Waals surface area contributed by atoms with E-state index in [2.05, 4.69) is 15.5 Å². The van der Waals surface area contributed by atoms with Gasteiger partial charge in [0.1, 0.15) is 11.5 Å². The molecule has 150 valence electrons. The molecule has 0 saturated heterocycles. The summed E-state index contributed by atoms with van der Waals surface area (Å²) in [6.07, 6.45) is 2.24. The van der Waals surface area contributed by atoms with E-state index in [4.69, 9.17) is 14.0 Å². The van der Waals surface area contributed by atoms with Crippen molar-refractivity contribution < 1.29 is 18.8 Å². The molecule has 29 heavy (non-hydrogen) atoms. The van der Waals surface area contributed by atoms with Crippen LogP contribution in [0.2, 0.25) is 0 Å². The van der Waals surface area contributed by atoms with Gasteiger partial charge in [-0.05, 0) is 61.7 Å². The fourth-order valence-corrected chi connectivity index (χ4v) is 2.90. The lowest BCUT2D eigenvalue weighted by Gasteiger charge is -2.13. The van der Waals surface area contributed by atoms with Gasteiger partial charge in [-0.3, -0.25) is 4.79 Å². The third kappa shape index (κ3) is 4.74. The molecular weight excluding hydrogens is 370 g/mol. The number of rotatable bonds is 8. The molecule has 1 aliphatic rings. The lowest BCUT2D eigenvalue weighted by atomic mass is 10.00. The van der Waals surface area contributed by atoms with Gasteiger partial charge in [-0.1, -0.05) is 17.3 Å². The van der Waals surface area contributed by atoms with Gasteiger partial charge in [0, 0.05) is 11.6 Å². The zero-order valence-electron chi connectivity index (χ0n) is 16.4. The number of aromatic nitrogens is 2. The summed E-state index contributed by atoms with van der Waals surface area (Å²) in [4.78, 5) is 16.9. The molecular formula is C22H23N3O4. The molecule has 1 atom stereocenters. The van der Waals surface area contributed by atoms with E-state index in [0.717, 1.165) is 24.2 Å². The maximum atomic E-state index is 12.5. The van der Waals surface area contributed by atoms with Crippen molar-refractivity contribution in [1.29, 1.82) is 0 Å². The number of hydrogen-bond acceptors (Lipinski definition) is 6. The average molecular weight is 393 g/mol. The van der Waals surface area contributed by atoms with Crippen molar-refractivity contribution in [2.75, 3.05) is 12.4 Å². The van der Waals surface area contributed by atoms with Crippen LogP contribution in [-0.2, 0) is 11.4 Å². The van der Waals surface area contributed by atoms with E-state index in [1.54, 1.807) is 31.4 Å². The van der Waals surface area contributed by atoms with E-state index in [1.165, 1.54) is 0 Å². The molecule has 1 fully saturated rings. The Balaban J connectivity index is 1.30. The Kier molecular flexibility index (Phi) is 5.46. The predicted octanol–water partition coefficient (Wildman–Crippen LogP) is 4.28. The van der Waals surface area contributed by atoms with Crippen LogP contribution >= 0.6 is 0 Å². The van der Waals surface area contributed by atoms with Gasteiger partial charge in [0.15, 0.2) is 6.61 Å². The third-order valence-corrected chi connectivity index (χ3v) is 4.91. The maximum Gasteiger partial charge on any atom is 0.231 e. The highest BCUT2D eigenvalue weighted by Gasteiger charge is 2.29. The first-order chi connectivity index (χ1) is 14.1. The predicted molar refractivity (Wildman–Crippen MR) is 107 cm³/mol. The van der Waals surface area contributed by atoms with E-state index in [9.17, 15) is 4.79 Å². The van der Waals surface area contributed by atoms with Crippen LogP contribution in [0.1, 0.15) is 48.9 Å². The van der Waals surface area contributed by atoms with Crippen molar-refractivity contribution >= 4 is 11.6 Å². The summed E-state index contributed by atoms with van der Waals surface area (Å²) in [5.41, 5.74) is 1.63. The topological polar surface area (TPSA) is 86.5 Å². The number of ether oxygens (including phenoxy) is 2. The number of methoxy groups -OCH3 is 1. The normalized spacial score (nSPS) is 14.3. The summed E-state index contributed by atoms with van der Waals surface area (Å²) in [6, 6.07) is 14.7. The first kappa shape index (κ1) is 19.0. The monoisotopic (exact) mass is 393 g/mol. The highest BCUT2D eigenvalue weighted by atomic mass is 16.5. The van der Waals surface area contributed by atoms with Gasteiger partial charge in [-0.15, -0.1) is 0 Å². The van der Waals surface area contributed by atoms with Gasteiger partial charge in [-0.25, -0.2) is 0 Å². The number of anilines is 1. The van der Waals surface area contributed by atoms with Gasteiger partial charge >= 0.3 is 0 Å². The molecule has 4 rings (SSSR count). The van der Waals surface area contributed by atoms with Crippen LogP contribution in [0.15, 0.2) is 53.1 Å². The lowest BCUT2D eigenvalue weighted by molar-refractivity contribution is -0.117. The molecule has 3 aromatic rings. The summed E-state index contributed by atoms with van der Waals surface area (Å²) in [5.74, 6) is 2.74. The van der Waals surface area contributed by atoms with Crippen LogP contribution in [0, 0.1) is 0 Å². The Morgan fingerprint density at radius 2 is 1.83 bits per heavy atom. The van der Waals surface area contributed by atoms with Gasteiger partial charge < -0.3 is 19.3 Å². The molecule has 7 nitrogen and oxygen atoms in total. The second kappa shape index (κ2) is 8.34. The van der Waals surface area contributed by atoms with Crippen LogP contribution in [0.5, 0.6) is 11.5 Å². The number of carbonyl (C=O) groups excluding carboxylic acids is 1. The van der Waals surface area contributed by atoms with Crippen LogP contribution < -0.4 is 14.8 Å². The van der Waals surface area contributed by atoms with Gasteiger partial charge in [0.2, 0.25) is 17.6 Å². The minimum absolute atomic E-state index is 0.0803. The van der Waals surface area contributed by atoms with Crippen LogP contribution in [0.25, 0.3) is 0 Å². The van der Waals surface area contributed by atoms with E-state index in [0.29, 0.717) is 29.1 Å². The average Bonchev–Trinajstić information content (AvgIpc) is 3.50. The van der Waals surface area contributed by atoms with Crippen LogP contribution in [-0.4, -0.2) is 23.2 Å². The molecule has 7 heteroatoms. The third-order valence-electron chi connectivity index (χ3n) is 4.91. The second-order valence-corrected chi connectivity index (χ2v) is 7.12. The number of benzene rings is 2. The molecule has 1 N–H and O–H groups in total. The zero-order chi connectivity index (χ0) is 20.2. The van der Waals surface area contributed by atoms with Crippen molar-refractivity contribution in [3.8, 4) is 11.5 Å². The molecule has 1 saturated carbocycles. The second-order valence-electron chi connectivity index (χ2n) is 7.12.